The lowest BCUT2D eigenvalue weighted by atomic mass is 10.3. The van der Waals surface area contributed by atoms with Crippen molar-refractivity contribution in [1.29, 1.82) is 0 Å². The second kappa shape index (κ2) is 5.83. The van der Waals surface area contributed by atoms with E-state index in [4.69, 9.17) is 0 Å². The van der Waals surface area contributed by atoms with Gasteiger partial charge in [0.2, 0.25) is 5.91 Å². The number of nitrogens with zero attached hydrogens (tertiary/aromatic N) is 2. The lowest BCUT2D eigenvalue weighted by Gasteiger charge is -2.16. The molecule has 0 radical (unpaired) electrons. The van der Waals surface area contributed by atoms with E-state index < -0.39 is 12.0 Å². The van der Waals surface area contributed by atoms with Crippen LogP contribution in [0.4, 0.5) is 0 Å². The van der Waals surface area contributed by atoms with Crippen molar-refractivity contribution in [1.82, 2.24) is 14.9 Å². The minimum absolute atomic E-state index is 0.0219. The molecule has 20 heavy (non-hydrogen) atoms. The predicted octanol–water partition coefficient (Wildman–Crippen LogP) is 0.136. The number of ether oxygens (including phenoxy) is 1. The third-order valence-corrected chi connectivity index (χ3v) is 3.57. The number of methoxy groups -OCH3 is 1. The van der Waals surface area contributed by atoms with Crippen molar-refractivity contribution >= 4 is 33.4 Å². The molecule has 1 amide bonds. The number of rotatable bonds is 4. The third-order valence-electron chi connectivity index (χ3n) is 2.68. The lowest BCUT2D eigenvalue weighted by Crippen LogP contribution is -2.45. The van der Waals surface area contributed by atoms with E-state index in [0.717, 1.165) is 0 Å². The fourth-order valence-corrected chi connectivity index (χ4v) is 2.57. The molecule has 0 saturated heterocycles. The highest BCUT2D eigenvalue weighted by molar-refractivity contribution is 7.17. The van der Waals surface area contributed by atoms with Crippen molar-refractivity contribution in [2.45, 2.75) is 19.5 Å². The van der Waals surface area contributed by atoms with E-state index in [-0.39, 0.29) is 18.0 Å². The van der Waals surface area contributed by atoms with Gasteiger partial charge in [0.05, 0.1) is 25.5 Å². The Morgan fingerprint density at radius 2 is 2.30 bits per heavy atom. The molecule has 0 aliphatic heterocycles. The number of amides is 1. The molecule has 2 heterocycles. The maximum atomic E-state index is 12.2. The fourth-order valence-electron chi connectivity index (χ4n) is 1.77. The molecule has 0 aliphatic rings. The standard InChI is InChI=1S/C12H13N3O4S/c1-7(16)14-9(12(18)19-2)5-15-6-13-8-3-4-20-10(8)11(15)17/h3-4,6,9H,5H2,1-2H3,(H,14,16). The van der Waals surface area contributed by atoms with Gasteiger partial charge in [-0.1, -0.05) is 0 Å². The quantitative estimate of drug-likeness (QED) is 0.810. The zero-order valence-electron chi connectivity index (χ0n) is 11.0. The Hall–Kier alpha value is -2.22. The number of aromatic nitrogens is 2. The fraction of sp³-hybridized carbons (Fsp3) is 0.333. The average molecular weight is 295 g/mol. The van der Waals surface area contributed by atoms with Gasteiger partial charge in [-0.15, -0.1) is 11.3 Å². The minimum Gasteiger partial charge on any atom is -0.467 e. The van der Waals surface area contributed by atoms with Gasteiger partial charge in [-0.25, -0.2) is 9.78 Å². The normalized spacial score (nSPS) is 12.1. The molecule has 2 aromatic heterocycles. The molecule has 0 aromatic carbocycles. The second-order valence-corrected chi connectivity index (χ2v) is 5.03. The highest BCUT2D eigenvalue weighted by atomic mass is 32.1. The molecule has 0 spiro atoms. The molecule has 1 unspecified atom stereocenters. The predicted molar refractivity (Wildman–Crippen MR) is 73.5 cm³/mol. The van der Waals surface area contributed by atoms with Crippen LogP contribution in [0.25, 0.3) is 10.2 Å². The highest BCUT2D eigenvalue weighted by Crippen LogP contribution is 2.13. The van der Waals surface area contributed by atoms with E-state index in [0.29, 0.717) is 10.2 Å². The van der Waals surface area contributed by atoms with Crippen LogP contribution in [-0.2, 0) is 20.9 Å². The molecular weight excluding hydrogens is 282 g/mol. The van der Waals surface area contributed by atoms with Crippen LogP contribution >= 0.6 is 11.3 Å². The summed E-state index contributed by atoms with van der Waals surface area (Å²) >= 11 is 1.28. The molecule has 0 saturated carbocycles. The summed E-state index contributed by atoms with van der Waals surface area (Å²) in [4.78, 5) is 39.0. The number of fused-ring (bicyclic) bond motifs is 1. The van der Waals surface area contributed by atoms with Crippen LogP contribution in [0.2, 0.25) is 0 Å². The zero-order valence-corrected chi connectivity index (χ0v) is 11.8. The van der Waals surface area contributed by atoms with Gasteiger partial charge in [-0.2, -0.15) is 0 Å². The van der Waals surface area contributed by atoms with E-state index in [2.05, 4.69) is 15.0 Å². The van der Waals surface area contributed by atoms with Gasteiger partial charge >= 0.3 is 5.97 Å². The first-order valence-corrected chi connectivity index (χ1v) is 6.68. The van der Waals surface area contributed by atoms with Crippen molar-refractivity contribution in [3.63, 3.8) is 0 Å². The van der Waals surface area contributed by atoms with Crippen LogP contribution in [0.5, 0.6) is 0 Å². The Bertz CT molecular complexity index is 706. The number of nitrogens with one attached hydrogen (secondary N) is 1. The number of carbonyl (C=O) groups is 2. The summed E-state index contributed by atoms with van der Waals surface area (Å²) in [7, 11) is 1.22. The largest absolute Gasteiger partial charge is 0.467 e. The maximum absolute atomic E-state index is 12.2. The minimum atomic E-state index is -0.922. The van der Waals surface area contributed by atoms with Gasteiger partial charge in [0.25, 0.3) is 5.56 Å². The Morgan fingerprint density at radius 3 is 2.95 bits per heavy atom. The monoisotopic (exact) mass is 295 g/mol. The molecule has 8 heteroatoms. The first-order chi connectivity index (χ1) is 9.52. The molecule has 0 fully saturated rings. The molecule has 1 N–H and O–H groups in total. The Kier molecular flexibility index (Phi) is 4.14. The zero-order chi connectivity index (χ0) is 14.7. The molecule has 0 bridgehead atoms. The molecule has 0 aliphatic carbocycles. The number of hydrogen-bond donors (Lipinski definition) is 1. The smallest absolute Gasteiger partial charge is 0.330 e. The number of esters is 1. The highest BCUT2D eigenvalue weighted by Gasteiger charge is 2.21. The van der Waals surface area contributed by atoms with Gasteiger partial charge in [0, 0.05) is 6.92 Å². The van der Waals surface area contributed by atoms with E-state index in [1.807, 2.05) is 0 Å². The topological polar surface area (TPSA) is 90.3 Å². The van der Waals surface area contributed by atoms with Gasteiger partial charge in [-0.05, 0) is 11.4 Å². The molecule has 2 aromatic rings. The van der Waals surface area contributed by atoms with Crippen molar-refractivity contribution < 1.29 is 14.3 Å². The molecular formula is C12H13N3O4S. The summed E-state index contributed by atoms with van der Waals surface area (Å²) in [6, 6.07) is 0.826. The van der Waals surface area contributed by atoms with Crippen LogP contribution in [0.15, 0.2) is 22.6 Å². The molecule has 7 nitrogen and oxygen atoms in total. The number of hydrogen-bond acceptors (Lipinski definition) is 6. The first kappa shape index (κ1) is 14.2. The van der Waals surface area contributed by atoms with Gasteiger partial charge in [0.1, 0.15) is 10.7 Å². The van der Waals surface area contributed by atoms with E-state index in [9.17, 15) is 14.4 Å². The summed E-state index contributed by atoms with van der Waals surface area (Å²) in [5.41, 5.74) is 0.370. The maximum Gasteiger partial charge on any atom is 0.330 e. The number of thiophene rings is 1. The molecule has 1 atom stereocenters. The van der Waals surface area contributed by atoms with Crippen LogP contribution < -0.4 is 10.9 Å². The Morgan fingerprint density at radius 1 is 1.55 bits per heavy atom. The second-order valence-electron chi connectivity index (χ2n) is 4.11. The summed E-state index contributed by atoms with van der Waals surface area (Å²) < 4.78 is 6.41. The Balaban J connectivity index is 2.32. The number of carbonyl (C=O) groups excluding carboxylic acids is 2. The summed E-state index contributed by atoms with van der Waals surface area (Å²) in [6.45, 7) is 1.27. The van der Waals surface area contributed by atoms with E-state index in [1.165, 1.54) is 36.3 Å². The van der Waals surface area contributed by atoms with Crippen molar-refractivity contribution in [3.8, 4) is 0 Å². The summed E-state index contributed by atoms with van der Waals surface area (Å²) in [6.07, 6.45) is 1.36. The SMILES string of the molecule is COC(=O)C(Cn1cnc2ccsc2c1=O)NC(C)=O. The van der Waals surface area contributed by atoms with Crippen molar-refractivity contribution in [3.05, 3.63) is 28.1 Å². The average Bonchev–Trinajstić information content (AvgIpc) is 2.88. The summed E-state index contributed by atoms with van der Waals surface area (Å²) in [5, 5.41) is 4.22. The van der Waals surface area contributed by atoms with Crippen LogP contribution in [-0.4, -0.2) is 34.6 Å². The van der Waals surface area contributed by atoms with Gasteiger partial charge < -0.3 is 10.1 Å². The van der Waals surface area contributed by atoms with Crippen LogP contribution in [0.3, 0.4) is 0 Å². The van der Waals surface area contributed by atoms with Crippen molar-refractivity contribution in [2.24, 2.45) is 0 Å². The summed E-state index contributed by atoms with van der Waals surface area (Å²) in [5.74, 6) is -0.989. The van der Waals surface area contributed by atoms with E-state index >= 15 is 0 Å². The van der Waals surface area contributed by atoms with Gasteiger partial charge in [-0.3, -0.25) is 14.2 Å². The third kappa shape index (κ3) is 2.85. The van der Waals surface area contributed by atoms with E-state index in [1.54, 1.807) is 11.4 Å². The van der Waals surface area contributed by atoms with Crippen molar-refractivity contribution in [2.75, 3.05) is 7.11 Å². The first-order valence-electron chi connectivity index (χ1n) is 5.80. The van der Waals surface area contributed by atoms with Crippen LogP contribution in [0, 0.1) is 0 Å². The van der Waals surface area contributed by atoms with Gasteiger partial charge in [0.15, 0.2) is 0 Å². The van der Waals surface area contributed by atoms with Crippen LogP contribution in [0.1, 0.15) is 6.92 Å². The Labute approximate surface area is 118 Å². The molecule has 2 rings (SSSR count). The lowest BCUT2D eigenvalue weighted by molar-refractivity contribution is -0.145. The molecule has 106 valence electrons.